The fourth-order valence-corrected chi connectivity index (χ4v) is 4.90. The van der Waals surface area contributed by atoms with E-state index in [0.29, 0.717) is 6.61 Å². The summed E-state index contributed by atoms with van der Waals surface area (Å²) >= 11 is 0. The Kier molecular flexibility index (Phi) is 6.50. The molecule has 1 N–H and O–H groups in total. The first-order valence-corrected chi connectivity index (χ1v) is 12.2. The summed E-state index contributed by atoms with van der Waals surface area (Å²) in [4.78, 5) is 0. The molecule has 0 saturated heterocycles. The molecule has 180 valence electrons. The van der Waals surface area contributed by atoms with Gasteiger partial charge in [-0.3, -0.25) is 0 Å². The van der Waals surface area contributed by atoms with Gasteiger partial charge in [-0.1, -0.05) is 60.7 Å². The summed E-state index contributed by atoms with van der Waals surface area (Å²) in [6, 6.07) is 29.5. The molecular formula is C31H33NO3. The molecule has 0 bridgehead atoms. The van der Waals surface area contributed by atoms with E-state index in [-0.39, 0.29) is 12.2 Å². The lowest BCUT2D eigenvalue weighted by Gasteiger charge is -2.44. The summed E-state index contributed by atoms with van der Waals surface area (Å²) < 4.78 is 19.0. The van der Waals surface area contributed by atoms with Crippen molar-refractivity contribution in [3.8, 4) is 5.75 Å². The van der Waals surface area contributed by atoms with E-state index >= 15 is 0 Å². The smallest absolute Gasteiger partial charge is 0.132 e. The molecule has 4 heteroatoms. The number of hydrogen-bond donors (Lipinski definition) is 1. The summed E-state index contributed by atoms with van der Waals surface area (Å²) in [6.45, 7) is 7.52. The minimum Gasteiger partial charge on any atom is -0.485 e. The Balaban J connectivity index is 1.36. The fraction of sp³-hybridized carbons (Fsp3) is 0.290. The summed E-state index contributed by atoms with van der Waals surface area (Å²) in [5.74, 6) is 0.842. The van der Waals surface area contributed by atoms with E-state index in [9.17, 15) is 0 Å². The SMILES string of the molecule is COC1c2cc(NCc3ccccc3C)ccc2OC(C)(C)C1OCc1ccc2ccccc2c1. The Morgan fingerprint density at radius 1 is 0.886 bits per heavy atom. The second-order valence-corrected chi connectivity index (χ2v) is 9.81. The van der Waals surface area contributed by atoms with Crippen LogP contribution in [0, 0.1) is 6.92 Å². The van der Waals surface area contributed by atoms with Gasteiger partial charge in [0.15, 0.2) is 0 Å². The van der Waals surface area contributed by atoms with Crippen LogP contribution in [0.25, 0.3) is 10.8 Å². The van der Waals surface area contributed by atoms with Gasteiger partial charge < -0.3 is 19.5 Å². The van der Waals surface area contributed by atoms with E-state index in [0.717, 1.165) is 29.1 Å². The predicted molar refractivity (Wildman–Crippen MR) is 142 cm³/mol. The van der Waals surface area contributed by atoms with Gasteiger partial charge in [0.25, 0.3) is 0 Å². The van der Waals surface area contributed by atoms with E-state index in [1.807, 2.05) is 6.07 Å². The van der Waals surface area contributed by atoms with Crippen LogP contribution in [0.2, 0.25) is 0 Å². The molecule has 2 atom stereocenters. The maximum Gasteiger partial charge on any atom is 0.132 e. The molecule has 1 aliphatic rings. The van der Waals surface area contributed by atoms with Crippen molar-refractivity contribution in [1.29, 1.82) is 0 Å². The van der Waals surface area contributed by atoms with Crippen LogP contribution >= 0.6 is 0 Å². The number of methoxy groups -OCH3 is 1. The lowest BCUT2D eigenvalue weighted by Crippen LogP contribution is -2.50. The molecule has 1 aliphatic heterocycles. The zero-order chi connectivity index (χ0) is 24.4. The minimum absolute atomic E-state index is 0.241. The van der Waals surface area contributed by atoms with Crippen LogP contribution in [0.4, 0.5) is 5.69 Å². The van der Waals surface area contributed by atoms with Gasteiger partial charge in [-0.05, 0) is 72.5 Å². The number of anilines is 1. The van der Waals surface area contributed by atoms with Crippen LogP contribution < -0.4 is 10.1 Å². The first-order chi connectivity index (χ1) is 16.9. The minimum atomic E-state index is -0.541. The first kappa shape index (κ1) is 23.4. The molecule has 0 radical (unpaired) electrons. The molecule has 0 aliphatic carbocycles. The third-order valence-corrected chi connectivity index (χ3v) is 6.89. The number of aryl methyl sites for hydroxylation is 1. The summed E-state index contributed by atoms with van der Waals surface area (Å²) in [5, 5.41) is 6.00. The Morgan fingerprint density at radius 2 is 1.66 bits per heavy atom. The second kappa shape index (κ2) is 9.73. The van der Waals surface area contributed by atoms with Gasteiger partial charge in [-0.15, -0.1) is 0 Å². The van der Waals surface area contributed by atoms with Crippen LogP contribution in [0.5, 0.6) is 5.75 Å². The third kappa shape index (κ3) is 4.90. The third-order valence-electron chi connectivity index (χ3n) is 6.89. The molecule has 2 unspecified atom stereocenters. The molecule has 0 spiro atoms. The normalized spacial score (nSPS) is 18.6. The van der Waals surface area contributed by atoms with Crippen LogP contribution in [-0.2, 0) is 22.6 Å². The van der Waals surface area contributed by atoms with E-state index < -0.39 is 5.60 Å². The van der Waals surface area contributed by atoms with Crippen molar-refractivity contribution in [3.63, 3.8) is 0 Å². The Bertz CT molecular complexity index is 1330. The van der Waals surface area contributed by atoms with Crippen molar-refractivity contribution < 1.29 is 14.2 Å². The quantitative estimate of drug-likeness (QED) is 0.312. The topological polar surface area (TPSA) is 39.7 Å². The molecule has 0 amide bonds. The highest BCUT2D eigenvalue weighted by Crippen LogP contribution is 2.44. The van der Waals surface area contributed by atoms with E-state index in [1.54, 1.807) is 7.11 Å². The Hall–Kier alpha value is -3.34. The molecular weight excluding hydrogens is 434 g/mol. The fourth-order valence-electron chi connectivity index (χ4n) is 4.90. The van der Waals surface area contributed by atoms with Crippen molar-refractivity contribution in [2.24, 2.45) is 0 Å². The molecule has 5 rings (SSSR count). The van der Waals surface area contributed by atoms with Gasteiger partial charge in [0.2, 0.25) is 0 Å². The Labute approximate surface area is 207 Å². The van der Waals surface area contributed by atoms with E-state index in [2.05, 4.69) is 105 Å². The maximum absolute atomic E-state index is 6.51. The number of rotatable bonds is 7. The van der Waals surface area contributed by atoms with Crippen LogP contribution in [-0.4, -0.2) is 18.8 Å². The molecule has 1 heterocycles. The highest BCUT2D eigenvalue weighted by atomic mass is 16.6. The molecule has 4 aromatic rings. The van der Waals surface area contributed by atoms with Crippen molar-refractivity contribution in [3.05, 3.63) is 107 Å². The monoisotopic (exact) mass is 467 g/mol. The van der Waals surface area contributed by atoms with Gasteiger partial charge in [0, 0.05) is 24.9 Å². The first-order valence-electron chi connectivity index (χ1n) is 12.2. The molecule has 0 aromatic heterocycles. The van der Waals surface area contributed by atoms with Crippen LogP contribution in [0.1, 0.15) is 42.2 Å². The van der Waals surface area contributed by atoms with Gasteiger partial charge in [0.05, 0.1) is 6.61 Å². The number of hydrogen-bond acceptors (Lipinski definition) is 4. The average molecular weight is 468 g/mol. The molecule has 35 heavy (non-hydrogen) atoms. The zero-order valence-corrected chi connectivity index (χ0v) is 20.9. The predicted octanol–water partition coefficient (Wildman–Crippen LogP) is 7.20. The number of nitrogens with one attached hydrogen (secondary N) is 1. The van der Waals surface area contributed by atoms with E-state index in [4.69, 9.17) is 14.2 Å². The molecule has 4 aromatic carbocycles. The number of benzene rings is 4. The zero-order valence-electron chi connectivity index (χ0n) is 20.9. The molecule has 0 saturated carbocycles. The lowest BCUT2D eigenvalue weighted by atomic mass is 9.87. The highest BCUT2D eigenvalue weighted by molar-refractivity contribution is 5.82. The van der Waals surface area contributed by atoms with Gasteiger partial charge in [-0.2, -0.15) is 0 Å². The average Bonchev–Trinajstić information content (AvgIpc) is 2.86. The maximum atomic E-state index is 6.51. The standard InChI is InChI=1S/C31H33NO3/c1-21-9-5-6-12-25(21)19-32-26-15-16-28-27(18-26)29(33-4)30(31(2,3)35-28)34-20-22-13-14-23-10-7-8-11-24(23)17-22/h5-18,29-30,32H,19-20H2,1-4H3. The van der Waals surface area contributed by atoms with Crippen molar-refractivity contribution in [2.75, 3.05) is 12.4 Å². The number of ether oxygens (including phenoxy) is 3. The van der Waals surface area contributed by atoms with Gasteiger partial charge in [-0.25, -0.2) is 0 Å². The van der Waals surface area contributed by atoms with Crippen molar-refractivity contribution in [1.82, 2.24) is 0 Å². The van der Waals surface area contributed by atoms with Gasteiger partial charge in [0.1, 0.15) is 23.6 Å². The Morgan fingerprint density at radius 3 is 2.46 bits per heavy atom. The molecule has 4 nitrogen and oxygen atoms in total. The highest BCUT2D eigenvalue weighted by Gasteiger charge is 2.45. The van der Waals surface area contributed by atoms with Crippen LogP contribution in [0.15, 0.2) is 84.9 Å². The van der Waals surface area contributed by atoms with Gasteiger partial charge >= 0.3 is 0 Å². The van der Waals surface area contributed by atoms with Crippen molar-refractivity contribution in [2.45, 2.75) is 51.7 Å². The largest absolute Gasteiger partial charge is 0.485 e. The van der Waals surface area contributed by atoms with Crippen LogP contribution in [0.3, 0.4) is 0 Å². The van der Waals surface area contributed by atoms with Crippen molar-refractivity contribution >= 4 is 16.5 Å². The van der Waals surface area contributed by atoms with E-state index in [1.165, 1.54) is 21.9 Å². The summed E-state index contributed by atoms with van der Waals surface area (Å²) in [7, 11) is 1.75. The lowest BCUT2D eigenvalue weighted by molar-refractivity contribution is -0.159. The summed E-state index contributed by atoms with van der Waals surface area (Å²) in [5.41, 5.74) is 5.19. The molecule has 0 fully saturated rings. The number of fused-ring (bicyclic) bond motifs is 2. The second-order valence-electron chi connectivity index (χ2n) is 9.81. The summed E-state index contributed by atoms with van der Waals surface area (Å²) in [6.07, 6.45) is -0.507.